The number of hydrogen-bond acceptors (Lipinski definition) is 0. The van der Waals surface area contributed by atoms with Crippen molar-refractivity contribution in [1.82, 2.24) is 0 Å². The van der Waals surface area contributed by atoms with Crippen LogP contribution >= 0.6 is 27.5 Å². The van der Waals surface area contributed by atoms with E-state index in [2.05, 4.69) is 40.2 Å². The lowest BCUT2D eigenvalue weighted by molar-refractivity contribution is 1.44. The van der Waals surface area contributed by atoms with Crippen LogP contribution in [0.25, 0.3) is 11.1 Å². The molecular weight excluding hydrogens is 272 g/mol. The fourth-order valence-electron chi connectivity index (χ4n) is 1.47. The summed E-state index contributed by atoms with van der Waals surface area (Å²) in [6.45, 7) is 0. The van der Waals surface area contributed by atoms with Crippen LogP contribution in [0.15, 0.2) is 48.5 Å². The molecule has 0 bridgehead atoms. The number of benzene rings is 2. The third kappa shape index (κ3) is 2.42. The third-order valence-electron chi connectivity index (χ3n) is 2.29. The van der Waals surface area contributed by atoms with E-state index in [1.165, 1.54) is 5.56 Å². The van der Waals surface area contributed by atoms with Crippen molar-refractivity contribution in [1.29, 1.82) is 0 Å². The molecule has 0 saturated heterocycles. The van der Waals surface area contributed by atoms with Crippen molar-refractivity contribution < 1.29 is 0 Å². The Balaban J connectivity index is 2.42. The van der Waals surface area contributed by atoms with Gasteiger partial charge in [-0.15, -0.1) is 0 Å². The molecule has 0 aliphatic carbocycles. The highest BCUT2D eigenvalue weighted by Gasteiger charge is 2.01. The Kier molecular flexibility index (Phi) is 3.45. The van der Waals surface area contributed by atoms with Crippen molar-refractivity contribution in [2.24, 2.45) is 0 Å². The molecule has 0 nitrogen and oxygen atoms in total. The van der Waals surface area contributed by atoms with Gasteiger partial charge in [0.15, 0.2) is 0 Å². The zero-order valence-electron chi connectivity index (χ0n) is 8.08. The molecule has 2 aromatic carbocycles. The van der Waals surface area contributed by atoms with E-state index >= 15 is 0 Å². The zero-order chi connectivity index (χ0) is 10.7. The van der Waals surface area contributed by atoms with Crippen molar-refractivity contribution >= 4 is 27.5 Å². The number of alkyl halides is 1. The topological polar surface area (TPSA) is 0 Å². The second kappa shape index (κ2) is 4.82. The summed E-state index contributed by atoms with van der Waals surface area (Å²) in [5.74, 6) is 0. The van der Waals surface area contributed by atoms with E-state index < -0.39 is 0 Å². The smallest absolute Gasteiger partial charge is 0.0484 e. The van der Waals surface area contributed by atoms with Gasteiger partial charge < -0.3 is 0 Å². The fraction of sp³-hybridized carbons (Fsp3) is 0.0769. The highest BCUT2D eigenvalue weighted by Crippen LogP contribution is 2.27. The molecule has 76 valence electrons. The summed E-state index contributed by atoms with van der Waals surface area (Å²) in [7, 11) is 0. The standard InChI is InChI=1S/C13H10BrCl/c14-9-10-5-7-11(8-6-10)12-3-1-2-4-13(12)15/h1-8H,9H2. The molecule has 0 radical (unpaired) electrons. The minimum Gasteiger partial charge on any atom is -0.0876 e. The molecule has 0 N–H and O–H groups in total. The summed E-state index contributed by atoms with van der Waals surface area (Å²) in [6, 6.07) is 16.3. The van der Waals surface area contributed by atoms with Crippen molar-refractivity contribution in [2.75, 3.05) is 0 Å². The average Bonchev–Trinajstić information content (AvgIpc) is 2.30. The SMILES string of the molecule is Clc1ccccc1-c1ccc(CBr)cc1. The van der Waals surface area contributed by atoms with Gasteiger partial charge in [0.2, 0.25) is 0 Å². The van der Waals surface area contributed by atoms with Gasteiger partial charge >= 0.3 is 0 Å². The van der Waals surface area contributed by atoms with Crippen LogP contribution in [0.2, 0.25) is 5.02 Å². The minimum absolute atomic E-state index is 0.795. The number of hydrogen-bond donors (Lipinski definition) is 0. The molecule has 0 amide bonds. The Labute approximate surface area is 103 Å². The maximum Gasteiger partial charge on any atom is 0.0484 e. The molecule has 2 heteroatoms. The van der Waals surface area contributed by atoms with Gasteiger partial charge in [-0.1, -0.05) is 70.0 Å². The van der Waals surface area contributed by atoms with E-state index in [9.17, 15) is 0 Å². The molecule has 0 aliphatic rings. The van der Waals surface area contributed by atoms with Crippen LogP contribution in [-0.2, 0) is 5.33 Å². The van der Waals surface area contributed by atoms with E-state index in [-0.39, 0.29) is 0 Å². The molecule has 0 spiro atoms. The highest BCUT2D eigenvalue weighted by atomic mass is 79.9. The first-order valence-corrected chi connectivity index (χ1v) is 6.21. The van der Waals surface area contributed by atoms with Gasteiger partial charge in [-0.25, -0.2) is 0 Å². The van der Waals surface area contributed by atoms with Crippen LogP contribution in [0.5, 0.6) is 0 Å². The molecule has 0 atom stereocenters. The Morgan fingerprint density at radius 2 is 1.60 bits per heavy atom. The van der Waals surface area contributed by atoms with Gasteiger partial charge in [-0.2, -0.15) is 0 Å². The molecule has 0 saturated carbocycles. The Morgan fingerprint density at radius 1 is 0.933 bits per heavy atom. The van der Waals surface area contributed by atoms with Crippen LogP contribution in [-0.4, -0.2) is 0 Å². The molecule has 0 fully saturated rings. The summed E-state index contributed by atoms with van der Waals surface area (Å²) in [5, 5.41) is 1.68. The number of halogens is 2. The second-order valence-corrected chi connectivity index (χ2v) is 4.28. The van der Waals surface area contributed by atoms with Gasteiger partial charge in [-0.05, 0) is 17.2 Å². The van der Waals surface area contributed by atoms with Crippen LogP contribution in [0.1, 0.15) is 5.56 Å². The van der Waals surface area contributed by atoms with E-state index in [0.29, 0.717) is 0 Å². The minimum atomic E-state index is 0.795. The lowest BCUT2D eigenvalue weighted by Gasteiger charge is -2.04. The van der Waals surface area contributed by atoms with Gasteiger partial charge in [0.05, 0.1) is 0 Å². The first kappa shape index (κ1) is 10.7. The first-order chi connectivity index (χ1) is 7.31. The summed E-state index contributed by atoms with van der Waals surface area (Å²) in [6.07, 6.45) is 0. The maximum absolute atomic E-state index is 6.12. The van der Waals surface area contributed by atoms with Crippen LogP contribution < -0.4 is 0 Å². The summed E-state index contributed by atoms with van der Waals surface area (Å²) in [4.78, 5) is 0. The quantitative estimate of drug-likeness (QED) is 0.687. The normalized spacial score (nSPS) is 10.3. The molecular formula is C13H10BrCl. The van der Waals surface area contributed by atoms with E-state index in [4.69, 9.17) is 11.6 Å². The third-order valence-corrected chi connectivity index (χ3v) is 3.27. The van der Waals surface area contributed by atoms with Gasteiger partial charge in [0, 0.05) is 15.9 Å². The molecule has 0 heterocycles. The van der Waals surface area contributed by atoms with E-state index in [0.717, 1.165) is 21.5 Å². The predicted molar refractivity (Wildman–Crippen MR) is 69.5 cm³/mol. The second-order valence-electron chi connectivity index (χ2n) is 3.31. The molecule has 0 aliphatic heterocycles. The molecule has 2 rings (SSSR count). The molecule has 15 heavy (non-hydrogen) atoms. The van der Waals surface area contributed by atoms with E-state index in [1.807, 2.05) is 24.3 Å². The van der Waals surface area contributed by atoms with Crippen molar-refractivity contribution in [2.45, 2.75) is 5.33 Å². The lowest BCUT2D eigenvalue weighted by atomic mass is 10.0. The van der Waals surface area contributed by atoms with Crippen LogP contribution in [0.4, 0.5) is 0 Å². The van der Waals surface area contributed by atoms with Gasteiger partial charge in [-0.3, -0.25) is 0 Å². The van der Waals surface area contributed by atoms with Crippen LogP contribution in [0, 0.1) is 0 Å². The van der Waals surface area contributed by atoms with Crippen molar-refractivity contribution in [3.8, 4) is 11.1 Å². The van der Waals surface area contributed by atoms with Crippen LogP contribution in [0.3, 0.4) is 0 Å². The van der Waals surface area contributed by atoms with E-state index in [1.54, 1.807) is 0 Å². The summed E-state index contributed by atoms with van der Waals surface area (Å²) in [5.41, 5.74) is 3.51. The maximum atomic E-state index is 6.12. The largest absolute Gasteiger partial charge is 0.0876 e. The fourth-order valence-corrected chi connectivity index (χ4v) is 2.09. The Morgan fingerprint density at radius 3 is 2.20 bits per heavy atom. The lowest BCUT2D eigenvalue weighted by Crippen LogP contribution is -1.81. The monoisotopic (exact) mass is 280 g/mol. The predicted octanol–water partition coefficient (Wildman–Crippen LogP) is 4.90. The highest BCUT2D eigenvalue weighted by molar-refractivity contribution is 9.08. The van der Waals surface area contributed by atoms with Gasteiger partial charge in [0.25, 0.3) is 0 Å². The Hall–Kier alpha value is -0.790. The molecule has 2 aromatic rings. The first-order valence-electron chi connectivity index (χ1n) is 4.71. The summed E-state index contributed by atoms with van der Waals surface area (Å²) < 4.78 is 0. The Bertz CT molecular complexity index is 448. The number of rotatable bonds is 2. The molecule has 0 unspecified atom stereocenters. The summed E-state index contributed by atoms with van der Waals surface area (Å²) >= 11 is 9.55. The van der Waals surface area contributed by atoms with Gasteiger partial charge in [0.1, 0.15) is 0 Å². The zero-order valence-corrected chi connectivity index (χ0v) is 10.4. The average molecular weight is 282 g/mol. The van der Waals surface area contributed by atoms with Crippen molar-refractivity contribution in [3.63, 3.8) is 0 Å². The van der Waals surface area contributed by atoms with Crippen molar-refractivity contribution in [3.05, 3.63) is 59.1 Å². The molecule has 0 aromatic heterocycles.